The van der Waals surface area contributed by atoms with Gasteiger partial charge in [-0.1, -0.05) is 53.5 Å². The summed E-state index contributed by atoms with van der Waals surface area (Å²) in [5, 5.41) is 3.30. The summed E-state index contributed by atoms with van der Waals surface area (Å²) in [4.78, 5) is 39.3. The Bertz CT molecular complexity index is 1130. The van der Waals surface area contributed by atoms with E-state index in [1.54, 1.807) is 13.1 Å². The lowest BCUT2D eigenvalue weighted by molar-refractivity contribution is -0.120. The molecular weight excluding hydrogens is 429 g/mol. The van der Waals surface area contributed by atoms with Gasteiger partial charge in [-0.15, -0.1) is 0 Å². The van der Waals surface area contributed by atoms with Crippen LogP contribution in [-0.4, -0.2) is 46.5 Å². The second-order valence-corrected chi connectivity index (χ2v) is 7.31. The summed E-state index contributed by atoms with van der Waals surface area (Å²) in [6.45, 7) is -0.0942. The molecule has 0 saturated carbocycles. The zero-order valence-corrected chi connectivity index (χ0v) is 17.2. The molecule has 30 heavy (non-hydrogen) atoms. The number of anilines is 1. The number of fused-ring (bicyclic) bond motifs is 1. The molecule has 10 heteroatoms. The van der Waals surface area contributed by atoms with E-state index in [1.165, 1.54) is 17.3 Å². The topological polar surface area (TPSA) is 97.3 Å². The molecule has 0 aliphatic carbocycles. The number of rotatable bonds is 3. The average Bonchev–Trinajstić information content (AvgIpc) is 2.86. The van der Waals surface area contributed by atoms with Crippen LogP contribution < -0.4 is 15.0 Å². The first kappa shape index (κ1) is 20.1. The first-order chi connectivity index (χ1) is 14.4. The van der Waals surface area contributed by atoms with Crippen molar-refractivity contribution >= 4 is 40.8 Å². The van der Waals surface area contributed by atoms with E-state index in [0.29, 0.717) is 27.3 Å². The molecule has 0 unspecified atom stereocenters. The standard InChI is InChI=1S/C20H15Cl2N5O3/c1-27-18-15(7-12(21)8-24-18)30-10-14(20(27)29)25-19(28)17-23-9-13(22)16(26-17)11-5-3-2-4-6-11/h2-9,14H,10H2,1H3,(H,25,28)/t14-/m0/s1. The number of carbonyl (C=O) groups is 2. The maximum Gasteiger partial charge on any atom is 0.289 e. The predicted molar refractivity (Wildman–Crippen MR) is 112 cm³/mol. The molecule has 1 aliphatic rings. The van der Waals surface area contributed by atoms with Crippen molar-refractivity contribution in [3.8, 4) is 17.0 Å². The van der Waals surface area contributed by atoms with Crippen molar-refractivity contribution in [2.45, 2.75) is 6.04 Å². The minimum atomic E-state index is -0.963. The number of aromatic nitrogens is 3. The molecule has 0 fully saturated rings. The van der Waals surface area contributed by atoms with Gasteiger partial charge in [0.15, 0.2) is 11.6 Å². The van der Waals surface area contributed by atoms with E-state index in [0.717, 1.165) is 5.56 Å². The SMILES string of the molecule is CN1C(=O)[C@@H](NC(=O)c2ncc(Cl)c(-c3ccccc3)n2)COc2cc(Cl)cnc21. The van der Waals surface area contributed by atoms with Gasteiger partial charge in [0, 0.05) is 24.9 Å². The number of likely N-dealkylation sites (N-methyl/N-ethyl adjacent to an activating group) is 1. The van der Waals surface area contributed by atoms with Crippen LogP contribution in [0.3, 0.4) is 0 Å². The molecule has 0 saturated heterocycles. The van der Waals surface area contributed by atoms with Crippen LogP contribution in [0.25, 0.3) is 11.3 Å². The number of nitrogens with zero attached hydrogens (tertiary/aromatic N) is 4. The van der Waals surface area contributed by atoms with Crippen LogP contribution in [-0.2, 0) is 4.79 Å². The van der Waals surface area contributed by atoms with Crippen LogP contribution in [0.4, 0.5) is 5.82 Å². The van der Waals surface area contributed by atoms with E-state index < -0.39 is 17.9 Å². The molecule has 3 heterocycles. The highest BCUT2D eigenvalue weighted by atomic mass is 35.5. The third kappa shape index (κ3) is 3.92. The number of pyridine rings is 1. The molecule has 0 bridgehead atoms. The van der Waals surface area contributed by atoms with Crippen molar-refractivity contribution in [2.75, 3.05) is 18.6 Å². The second kappa shape index (κ2) is 8.25. The highest BCUT2D eigenvalue weighted by Gasteiger charge is 2.32. The molecule has 1 aliphatic heterocycles. The number of hydrogen-bond donors (Lipinski definition) is 1. The zero-order valence-electron chi connectivity index (χ0n) is 15.7. The summed E-state index contributed by atoms with van der Waals surface area (Å²) in [6, 6.07) is 9.78. The van der Waals surface area contributed by atoms with Crippen LogP contribution >= 0.6 is 23.2 Å². The maximum atomic E-state index is 12.8. The number of benzene rings is 1. The van der Waals surface area contributed by atoms with Crippen LogP contribution in [0.1, 0.15) is 10.6 Å². The third-order valence-electron chi connectivity index (χ3n) is 4.45. The lowest BCUT2D eigenvalue weighted by atomic mass is 10.1. The summed E-state index contributed by atoms with van der Waals surface area (Å²) in [6.07, 6.45) is 2.77. The van der Waals surface area contributed by atoms with Crippen molar-refractivity contribution in [2.24, 2.45) is 0 Å². The summed E-state index contributed by atoms with van der Waals surface area (Å²) in [5.74, 6) is -0.471. The molecular formula is C20H15Cl2N5O3. The van der Waals surface area contributed by atoms with E-state index in [-0.39, 0.29) is 12.4 Å². The normalized spacial score (nSPS) is 15.8. The Hall–Kier alpha value is -3.23. The summed E-state index contributed by atoms with van der Waals surface area (Å²) >= 11 is 12.2. The molecule has 2 amide bonds. The minimum Gasteiger partial charge on any atom is -0.487 e. The molecule has 152 valence electrons. The van der Waals surface area contributed by atoms with Crippen molar-refractivity contribution < 1.29 is 14.3 Å². The molecule has 0 spiro atoms. The van der Waals surface area contributed by atoms with E-state index in [1.807, 2.05) is 30.3 Å². The maximum absolute atomic E-state index is 12.8. The van der Waals surface area contributed by atoms with Gasteiger partial charge in [-0.05, 0) is 0 Å². The summed E-state index contributed by atoms with van der Waals surface area (Å²) < 4.78 is 5.65. The largest absolute Gasteiger partial charge is 0.487 e. The number of nitrogens with one attached hydrogen (secondary N) is 1. The van der Waals surface area contributed by atoms with Crippen LogP contribution in [0.2, 0.25) is 10.0 Å². The van der Waals surface area contributed by atoms with Gasteiger partial charge in [-0.3, -0.25) is 14.5 Å². The van der Waals surface area contributed by atoms with Gasteiger partial charge in [0.1, 0.15) is 12.6 Å². The van der Waals surface area contributed by atoms with Gasteiger partial charge < -0.3 is 10.1 Å². The Morgan fingerprint density at radius 2 is 1.97 bits per heavy atom. The first-order valence-electron chi connectivity index (χ1n) is 8.89. The predicted octanol–water partition coefficient (Wildman–Crippen LogP) is 3.00. The average molecular weight is 444 g/mol. The number of carbonyl (C=O) groups excluding carboxylic acids is 2. The monoisotopic (exact) mass is 443 g/mol. The van der Waals surface area contributed by atoms with Crippen LogP contribution in [0.5, 0.6) is 5.75 Å². The highest BCUT2D eigenvalue weighted by molar-refractivity contribution is 6.33. The van der Waals surface area contributed by atoms with Gasteiger partial charge in [0.05, 0.1) is 21.9 Å². The minimum absolute atomic E-state index is 0.0942. The lowest BCUT2D eigenvalue weighted by Crippen LogP contribution is -2.49. The van der Waals surface area contributed by atoms with Gasteiger partial charge in [-0.2, -0.15) is 0 Å². The van der Waals surface area contributed by atoms with Gasteiger partial charge >= 0.3 is 0 Å². The molecule has 1 N–H and O–H groups in total. The Labute approximate surface area is 181 Å². The van der Waals surface area contributed by atoms with Crippen LogP contribution in [0, 0.1) is 0 Å². The fourth-order valence-corrected chi connectivity index (χ4v) is 3.30. The quantitative estimate of drug-likeness (QED) is 0.667. The second-order valence-electron chi connectivity index (χ2n) is 6.47. The fraction of sp³-hybridized carbons (Fsp3) is 0.150. The van der Waals surface area contributed by atoms with E-state index in [2.05, 4.69) is 20.3 Å². The van der Waals surface area contributed by atoms with E-state index in [4.69, 9.17) is 27.9 Å². The molecule has 3 aromatic rings. The van der Waals surface area contributed by atoms with Crippen molar-refractivity contribution in [3.63, 3.8) is 0 Å². The number of halogens is 2. The van der Waals surface area contributed by atoms with Gasteiger partial charge in [0.25, 0.3) is 11.8 Å². The van der Waals surface area contributed by atoms with E-state index >= 15 is 0 Å². The smallest absolute Gasteiger partial charge is 0.289 e. The molecule has 8 nitrogen and oxygen atoms in total. The van der Waals surface area contributed by atoms with Crippen molar-refractivity contribution in [3.05, 3.63) is 64.7 Å². The number of ether oxygens (including phenoxy) is 1. The molecule has 1 atom stereocenters. The summed E-state index contributed by atoms with van der Waals surface area (Å²) in [5.41, 5.74) is 1.16. The first-order valence-corrected chi connectivity index (χ1v) is 9.64. The zero-order chi connectivity index (χ0) is 21.3. The Kier molecular flexibility index (Phi) is 5.52. The van der Waals surface area contributed by atoms with Crippen molar-refractivity contribution in [1.82, 2.24) is 20.3 Å². The highest BCUT2D eigenvalue weighted by Crippen LogP contribution is 2.30. The number of amides is 2. The molecule has 0 radical (unpaired) electrons. The molecule has 2 aromatic heterocycles. The van der Waals surface area contributed by atoms with Crippen LogP contribution in [0.15, 0.2) is 48.8 Å². The van der Waals surface area contributed by atoms with Crippen molar-refractivity contribution in [1.29, 1.82) is 0 Å². The number of hydrogen-bond acceptors (Lipinski definition) is 6. The Morgan fingerprint density at radius 3 is 2.73 bits per heavy atom. The third-order valence-corrected chi connectivity index (χ3v) is 4.93. The lowest BCUT2D eigenvalue weighted by Gasteiger charge is -2.19. The van der Waals surface area contributed by atoms with E-state index in [9.17, 15) is 9.59 Å². The van der Waals surface area contributed by atoms with Gasteiger partial charge in [-0.25, -0.2) is 15.0 Å². The van der Waals surface area contributed by atoms with Gasteiger partial charge in [0.2, 0.25) is 5.82 Å². The summed E-state index contributed by atoms with van der Waals surface area (Å²) in [7, 11) is 1.54. The Morgan fingerprint density at radius 1 is 1.20 bits per heavy atom. The molecule has 4 rings (SSSR count). The molecule has 1 aromatic carbocycles. The fourth-order valence-electron chi connectivity index (χ4n) is 2.96. The Balaban J connectivity index is 1.57.